The third-order valence-electron chi connectivity index (χ3n) is 7.37. The van der Waals surface area contributed by atoms with Crippen LogP contribution in [0.1, 0.15) is 59.3 Å². The van der Waals surface area contributed by atoms with Gasteiger partial charge in [-0.2, -0.15) is 16.5 Å². The number of carbonyl (C=O) groups excluding carboxylic acids is 3. The monoisotopic (exact) mass is 591 g/mol. The second kappa shape index (κ2) is 14.6. The Balaban J connectivity index is 1.26. The minimum Gasteiger partial charge on any atom is -0.623 e. The average molecular weight is 592 g/mol. The molecule has 4 N–H and O–H groups in total. The fraction of sp³-hybridized carbons (Fsp3) is 0.833. The molecule has 0 aromatic heterocycles. The molecule has 2 fully saturated rings. The fourth-order valence-corrected chi connectivity index (χ4v) is 8.89. The normalized spacial score (nSPS) is 27.9. The molecule has 3 aliphatic heterocycles. The van der Waals surface area contributed by atoms with Gasteiger partial charge in [0.2, 0.25) is 5.91 Å². The molecule has 13 nitrogen and oxygen atoms in total. The topological polar surface area (TPSA) is 170 Å². The molecule has 0 aromatic carbocycles. The minimum absolute atomic E-state index is 0.0303. The highest BCUT2D eigenvalue weighted by Gasteiger charge is 2.63. The molecule has 3 rings (SSSR count). The molecule has 0 aromatic rings. The van der Waals surface area contributed by atoms with Crippen LogP contribution in [0.15, 0.2) is 0 Å². The maximum atomic E-state index is 13.4. The molecule has 2 saturated heterocycles. The summed E-state index contributed by atoms with van der Waals surface area (Å²) < 4.78 is 30.1. The van der Waals surface area contributed by atoms with Crippen LogP contribution in [0.3, 0.4) is 0 Å². The number of urea groups is 1. The number of hydrogen-bond acceptors (Lipinski definition) is 9. The van der Waals surface area contributed by atoms with Gasteiger partial charge in [-0.25, -0.2) is 9.59 Å². The molecule has 5 atom stereocenters. The quantitative estimate of drug-likeness (QED) is 0.0692. The van der Waals surface area contributed by atoms with E-state index >= 15 is 0 Å². The van der Waals surface area contributed by atoms with Crippen LogP contribution >= 0.6 is 19.4 Å². The number of carbonyl (C=O) groups is 3. The molecule has 3 aliphatic rings. The highest BCUT2D eigenvalue weighted by Crippen LogP contribution is 2.64. The van der Waals surface area contributed by atoms with E-state index in [9.17, 15) is 24.2 Å². The molecular weight excluding hydrogens is 549 g/mol. The molecule has 0 bridgehead atoms. The number of ether oxygens (including phenoxy) is 1. The first-order chi connectivity index (χ1) is 18.6. The first-order valence-corrected chi connectivity index (χ1v) is 16.3. The van der Waals surface area contributed by atoms with Crippen LogP contribution < -0.4 is 21.3 Å². The summed E-state index contributed by atoms with van der Waals surface area (Å²) in [5.41, 5.74) is 0. The molecule has 0 saturated carbocycles. The Kier molecular flexibility index (Phi) is 11.8. The first-order valence-electron chi connectivity index (χ1n) is 13.7. The van der Waals surface area contributed by atoms with Gasteiger partial charge >= 0.3 is 19.7 Å². The maximum absolute atomic E-state index is 13.4. The van der Waals surface area contributed by atoms with E-state index in [1.807, 2.05) is 11.8 Å². The Morgan fingerprint density at radius 1 is 1.18 bits per heavy atom. The summed E-state index contributed by atoms with van der Waals surface area (Å²) in [5.74, 6) is 0.334. The van der Waals surface area contributed by atoms with Crippen molar-refractivity contribution in [2.75, 3.05) is 38.7 Å². The second-order valence-electron chi connectivity index (χ2n) is 9.96. The van der Waals surface area contributed by atoms with Crippen LogP contribution in [0.5, 0.6) is 0 Å². The number of fused-ring (bicyclic) bond motifs is 1. The largest absolute Gasteiger partial charge is 0.623 e. The number of alkyl carbamates (subject to hydrolysis) is 1. The summed E-state index contributed by atoms with van der Waals surface area (Å²) in [5, 5.41) is 22.9. The van der Waals surface area contributed by atoms with E-state index in [1.165, 1.54) is 13.1 Å². The van der Waals surface area contributed by atoms with E-state index < -0.39 is 24.9 Å². The molecular formula is C24H42N5O8PS. The van der Waals surface area contributed by atoms with E-state index in [-0.39, 0.29) is 50.3 Å². The van der Waals surface area contributed by atoms with Crippen molar-refractivity contribution in [2.45, 2.75) is 81.9 Å². The van der Waals surface area contributed by atoms with E-state index in [0.717, 1.165) is 25.0 Å². The van der Waals surface area contributed by atoms with Crippen molar-refractivity contribution < 1.29 is 37.5 Å². The molecule has 4 amide bonds. The molecule has 1 unspecified atom stereocenters. The number of hydrogen-bond donors (Lipinski definition) is 4. The minimum atomic E-state index is -3.80. The van der Waals surface area contributed by atoms with Crippen LogP contribution in [-0.4, -0.2) is 90.3 Å². The van der Waals surface area contributed by atoms with Gasteiger partial charge in [-0.1, -0.05) is 6.42 Å². The lowest BCUT2D eigenvalue weighted by Crippen LogP contribution is -2.43. The van der Waals surface area contributed by atoms with Gasteiger partial charge in [0.15, 0.2) is 6.21 Å². The van der Waals surface area contributed by atoms with Gasteiger partial charge in [-0.3, -0.25) is 9.36 Å². The van der Waals surface area contributed by atoms with Crippen molar-refractivity contribution in [1.82, 2.24) is 21.3 Å². The molecule has 15 heteroatoms. The van der Waals surface area contributed by atoms with Gasteiger partial charge in [0.05, 0.1) is 31.2 Å². The van der Waals surface area contributed by atoms with Crippen molar-refractivity contribution in [3.8, 4) is 0 Å². The van der Waals surface area contributed by atoms with E-state index in [0.29, 0.717) is 35.9 Å². The average Bonchev–Trinajstić information content (AvgIpc) is 3.54. The van der Waals surface area contributed by atoms with Crippen molar-refractivity contribution in [3.05, 3.63) is 5.21 Å². The van der Waals surface area contributed by atoms with Crippen molar-refractivity contribution >= 4 is 43.6 Å². The molecule has 3 heterocycles. The lowest BCUT2D eigenvalue weighted by Gasteiger charge is -2.34. The number of amides is 4. The smallest absolute Gasteiger partial charge is 0.407 e. The van der Waals surface area contributed by atoms with Crippen LogP contribution in [-0.2, 0) is 23.1 Å². The van der Waals surface area contributed by atoms with Crippen molar-refractivity contribution in [1.29, 1.82) is 0 Å². The van der Waals surface area contributed by atoms with Crippen LogP contribution in [0, 0.1) is 11.1 Å². The lowest BCUT2D eigenvalue weighted by atomic mass is 10.0. The Morgan fingerprint density at radius 3 is 2.62 bits per heavy atom. The van der Waals surface area contributed by atoms with E-state index in [1.54, 1.807) is 13.8 Å². The number of nitrogens with zero attached hydrogens (tertiary/aromatic N) is 1. The Hall–Kier alpha value is -2.02. The number of unbranched alkanes of at least 4 members (excludes halogenated alkanes) is 1. The van der Waals surface area contributed by atoms with Crippen molar-refractivity contribution in [3.63, 3.8) is 0 Å². The summed E-state index contributed by atoms with van der Waals surface area (Å²) in [6.45, 7) is 5.69. The van der Waals surface area contributed by atoms with E-state index in [4.69, 9.17) is 13.8 Å². The molecule has 222 valence electrons. The highest BCUT2D eigenvalue weighted by atomic mass is 32.2. The molecule has 0 spiro atoms. The number of thioether (sulfide) groups is 1. The van der Waals surface area contributed by atoms with Crippen molar-refractivity contribution in [2.24, 2.45) is 5.92 Å². The zero-order chi connectivity index (χ0) is 28.5. The molecule has 0 radical (unpaired) electrons. The van der Waals surface area contributed by atoms with E-state index in [2.05, 4.69) is 21.3 Å². The van der Waals surface area contributed by atoms with Gasteiger partial charge in [0, 0.05) is 43.9 Å². The highest BCUT2D eigenvalue weighted by molar-refractivity contribution is 8.00. The SMILES string of the molecule is CCOP(=O)(OCC)C1(C)[C@H](COC(=O)NCCCNC(=O)CCCC[C@@H]2SC[C@H]3NC(=O)N[C@@H]23)CC=[N+]1[O-]. The Morgan fingerprint density at radius 2 is 1.90 bits per heavy atom. The number of rotatable bonds is 16. The van der Waals surface area contributed by atoms with Gasteiger partial charge in [-0.15, -0.1) is 0 Å². The summed E-state index contributed by atoms with van der Waals surface area (Å²) >= 11 is 1.87. The first kappa shape index (κ1) is 31.5. The Bertz CT molecular complexity index is 945. The zero-order valence-corrected chi connectivity index (χ0v) is 24.7. The zero-order valence-electron chi connectivity index (χ0n) is 22.9. The standard InChI is InChI=1S/C24H42N5O8PS/c1-4-36-38(34,37-5-2)24(3)17(11-14-29(24)33)15-35-23(32)26-13-8-12-25-20(30)10-7-6-9-19-21-18(16-39-19)27-22(31)28-21/h14,17-19,21H,4-13,15-16H2,1-3H3,(H,25,30)(H,26,32)(H2,27,28,31)/t17-,18+,19-,21+,24?/m0/s1. The van der Waals surface area contributed by atoms with Gasteiger partial charge in [-0.05, 0) is 33.1 Å². The maximum Gasteiger partial charge on any atom is 0.407 e. The summed E-state index contributed by atoms with van der Waals surface area (Å²) in [6.07, 6.45) is 4.62. The molecule has 39 heavy (non-hydrogen) atoms. The van der Waals surface area contributed by atoms with Gasteiger partial charge in [0.1, 0.15) is 6.61 Å². The lowest BCUT2D eigenvalue weighted by molar-refractivity contribution is -0.515. The number of hydroxylamine groups is 1. The predicted octanol–water partition coefficient (Wildman–Crippen LogP) is 2.53. The number of nitrogens with one attached hydrogen (secondary N) is 4. The van der Waals surface area contributed by atoms with Gasteiger partial charge in [0.25, 0.3) is 5.28 Å². The Labute approximate surface area is 234 Å². The summed E-state index contributed by atoms with van der Waals surface area (Å²) in [7, 11) is -3.80. The summed E-state index contributed by atoms with van der Waals surface area (Å²) in [6, 6.07) is 0.311. The third-order valence-corrected chi connectivity index (χ3v) is 11.7. The molecule has 0 aliphatic carbocycles. The fourth-order valence-electron chi connectivity index (χ4n) is 5.12. The van der Waals surface area contributed by atoms with Gasteiger partial charge < -0.3 is 40.3 Å². The summed E-state index contributed by atoms with van der Waals surface area (Å²) in [4.78, 5) is 35.7. The predicted molar refractivity (Wildman–Crippen MR) is 148 cm³/mol. The second-order valence-corrected chi connectivity index (χ2v) is 13.7. The van der Waals surface area contributed by atoms with Crippen LogP contribution in [0.2, 0.25) is 0 Å². The van der Waals surface area contributed by atoms with Crippen LogP contribution in [0.25, 0.3) is 0 Å². The van der Waals surface area contributed by atoms with Crippen LogP contribution in [0.4, 0.5) is 9.59 Å². The third kappa shape index (κ3) is 7.80.